The summed E-state index contributed by atoms with van der Waals surface area (Å²) >= 11 is 7.47. The SMILES string of the molecule is COc1ccc(-c2csc(NC(=O)COc3ccccc3)n2)cc1Cl. The van der Waals surface area contributed by atoms with Gasteiger partial charge in [-0.15, -0.1) is 11.3 Å². The number of nitrogens with zero attached hydrogens (tertiary/aromatic N) is 1. The van der Waals surface area contributed by atoms with Crippen molar-refractivity contribution in [3.8, 4) is 22.8 Å². The summed E-state index contributed by atoms with van der Waals surface area (Å²) in [4.78, 5) is 16.4. The number of ether oxygens (including phenoxy) is 2. The molecule has 0 fully saturated rings. The first-order valence-electron chi connectivity index (χ1n) is 7.43. The summed E-state index contributed by atoms with van der Waals surface area (Å²) < 4.78 is 10.5. The molecule has 128 valence electrons. The van der Waals surface area contributed by atoms with E-state index in [0.717, 1.165) is 11.3 Å². The highest BCUT2D eigenvalue weighted by Crippen LogP contribution is 2.31. The monoisotopic (exact) mass is 374 g/mol. The highest BCUT2D eigenvalue weighted by Gasteiger charge is 2.10. The number of rotatable bonds is 6. The number of anilines is 1. The van der Waals surface area contributed by atoms with Gasteiger partial charge in [0, 0.05) is 10.9 Å². The summed E-state index contributed by atoms with van der Waals surface area (Å²) in [5.74, 6) is 0.982. The van der Waals surface area contributed by atoms with Gasteiger partial charge in [0.05, 0.1) is 17.8 Å². The molecule has 0 spiro atoms. The molecule has 5 nitrogen and oxygen atoms in total. The standard InChI is InChI=1S/C18H15ClN2O3S/c1-23-16-8-7-12(9-14(16)19)15-11-25-18(20-15)21-17(22)10-24-13-5-3-2-4-6-13/h2-9,11H,10H2,1H3,(H,20,21,22). The maximum atomic E-state index is 12.0. The van der Waals surface area contributed by atoms with Gasteiger partial charge in [-0.25, -0.2) is 4.98 Å². The molecule has 0 aliphatic heterocycles. The fraction of sp³-hybridized carbons (Fsp3) is 0.111. The topological polar surface area (TPSA) is 60.5 Å². The Bertz CT molecular complexity index is 868. The van der Waals surface area contributed by atoms with Crippen LogP contribution in [-0.4, -0.2) is 24.6 Å². The highest BCUT2D eigenvalue weighted by atomic mass is 35.5. The van der Waals surface area contributed by atoms with E-state index in [2.05, 4.69) is 10.3 Å². The van der Waals surface area contributed by atoms with E-state index in [0.29, 0.717) is 21.7 Å². The van der Waals surface area contributed by atoms with Crippen LogP contribution in [-0.2, 0) is 4.79 Å². The van der Waals surface area contributed by atoms with Crippen molar-refractivity contribution in [2.45, 2.75) is 0 Å². The molecule has 0 saturated heterocycles. The second-order valence-electron chi connectivity index (χ2n) is 5.04. The normalized spacial score (nSPS) is 10.3. The van der Waals surface area contributed by atoms with Gasteiger partial charge in [-0.2, -0.15) is 0 Å². The van der Waals surface area contributed by atoms with Gasteiger partial charge in [0.15, 0.2) is 11.7 Å². The summed E-state index contributed by atoms with van der Waals surface area (Å²) in [6.07, 6.45) is 0. The number of carbonyl (C=O) groups excluding carboxylic acids is 1. The van der Waals surface area contributed by atoms with Crippen molar-refractivity contribution >= 4 is 34.0 Å². The molecule has 0 unspecified atom stereocenters. The van der Waals surface area contributed by atoms with Crippen LogP contribution in [0.25, 0.3) is 11.3 Å². The number of hydrogen-bond acceptors (Lipinski definition) is 5. The van der Waals surface area contributed by atoms with Crippen LogP contribution in [0.5, 0.6) is 11.5 Å². The van der Waals surface area contributed by atoms with Gasteiger partial charge in [0.1, 0.15) is 11.5 Å². The smallest absolute Gasteiger partial charge is 0.264 e. The van der Waals surface area contributed by atoms with Crippen molar-refractivity contribution in [3.05, 3.63) is 58.9 Å². The average molecular weight is 375 g/mol. The summed E-state index contributed by atoms with van der Waals surface area (Å²) in [6, 6.07) is 14.6. The van der Waals surface area contributed by atoms with Crippen LogP contribution in [0, 0.1) is 0 Å². The molecule has 0 atom stereocenters. The van der Waals surface area contributed by atoms with Gasteiger partial charge in [0.25, 0.3) is 5.91 Å². The summed E-state index contributed by atoms with van der Waals surface area (Å²) in [5.41, 5.74) is 1.58. The molecule has 0 saturated carbocycles. The molecule has 0 aliphatic carbocycles. The highest BCUT2D eigenvalue weighted by molar-refractivity contribution is 7.14. The van der Waals surface area contributed by atoms with Crippen molar-refractivity contribution in [1.29, 1.82) is 0 Å². The number of hydrogen-bond donors (Lipinski definition) is 1. The van der Waals surface area contributed by atoms with Gasteiger partial charge in [-0.3, -0.25) is 10.1 Å². The second-order valence-corrected chi connectivity index (χ2v) is 6.30. The molecule has 0 aliphatic rings. The summed E-state index contributed by atoms with van der Waals surface area (Å²) in [7, 11) is 1.56. The first-order valence-corrected chi connectivity index (χ1v) is 8.68. The lowest BCUT2D eigenvalue weighted by Gasteiger charge is -2.05. The quantitative estimate of drug-likeness (QED) is 0.690. The Labute approximate surface area is 154 Å². The van der Waals surface area contributed by atoms with E-state index < -0.39 is 0 Å². The third kappa shape index (κ3) is 4.49. The predicted molar refractivity (Wildman–Crippen MR) is 99.7 cm³/mol. The van der Waals surface area contributed by atoms with Crippen molar-refractivity contribution in [2.75, 3.05) is 19.0 Å². The molecular weight excluding hydrogens is 360 g/mol. The summed E-state index contributed by atoms with van der Waals surface area (Å²) in [5, 5.41) is 5.59. The molecule has 1 N–H and O–H groups in total. The average Bonchev–Trinajstić information content (AvgIpc) is 3.09. The molecule has 1 aromatic heterocycles. The van der Waals surface area contributed by atoms with E-state index in [1.807, 2.05) is 29.6 Å². The van der Waals surface area contributed by atoms with Crippen LogP contribution < -0.4 is 14.8 Å². The third-order valence-corrected chi connectivity index (χ3v) is 4.36. The van der Waals surface area contributed by atoms with Crippen LogP contribution in [0.2, 0.25) is 5.02 Å². The Morgan fingerprint density at radius 1 is 1.24 bits per heavy atom. The maximum absolute atomic E-state index is 12.0. The van der Waals surface area contributed by atoms with Crippen molar-refractivity contribution < 1.29 is 14.3 Å². The lowest BCUT2D eigenvalue weighted by Crippen LogP contribution is -2.19. The minimum Gasteiger partial charge on any atom is -0.495 e. The Hall–Kier alpha value is -2.57. The lowest BCUT2D eigenvalue weighted by molar-refractivity contribution is -0.118. The van der Waals surface area contributed by atoms with Crippen LogP contribution in [0.3, 0.4) is 0 Å². The maximum Gasteiger partial charge on any atom is 0.264 e. The lowest BCUT2D eigenvalue weighted by atomic mass is 10.2. The molecule has 0 radical (unpaired) electrons. The van der Waals surface area contributed by atoms with Crippen LogP contribution >= 0.6 is 22.9 Å². The number of amides is 1. The largest absolute Gasteiger partial charge is 0.495 e. The van der Waals surface area contributed by atoms with E-state index in [4.69, 9.17) is 21.1 Å². The zero-order valence-corrected chi connectivity index (χ0v) is 14.9. The second kappa shape index (κ2) is 8.00. The van der Waals surface area contributed by atoms with Gasteiger partial charge in [0.2, 0.25) is 0 Å². The van der Waals surface area contributed by atoms with Gasteiger partial charge in [-0.1, -0.05) is 29.8 Å². The molecule has 3 rings (SSSR count). The van der Waals surface area contributed by atoms with Gasteiger partial charge >= 0.3 is 0 Å². The molecular formula is C18H15ClN2O3S. The molecule has 1 amide bonds. The number of benzene rings is 2. The van der Waals surface area contributed by atoms with Crippen LogP contribution in [0.4, 0.5) is 5.13 Å². The number of methoxy groups -OCH3 is 1. The van der Waals surface area contributed by atoms with E-state index in [1.165, 1.54) is 11.3 Å². The number of nitrogens with one attached hydrogen (secondary N) is 1. The van der Waals surface area contributed by atoms with E-state index in [-0.39, 0.29) is 12.5 Å². The Morgan fingerprint density at radius 3 is 2.76 bits per heavy atom. The fourth-order valence-corrected chi connectivity index (χ4v) is 3.10. The molecule has 0 bridgehead atoms. The zero-order valence-electron chi connectivity index (χ0n) is 13.4. The first-order chi connectivity index (χ1) is 12.2. The summed E-state index contributed by atoms with van der Waals surface area (Å²) in [6.45, 7) is -0.0761. The number of halogens is 1. The van der Waals surface area contributed by atoms with E-state index in [9.17, 15) is 4.79 Å². The molecule has 25 heavy (non-hydrogen) atoms. The minimum absolute atomic E-state index is 0.0761. The number of para-hydroxylation sites is 1. The van der Waals surface area contributed by atoms with Crippen molar-refractivity contribution in [2.24, 2.45) is 0 Å². The minimum atomic E-state index is -0.266. The Kier molecular flexibility index (Phi) is 5.53. The molecule has 1 heterocycles. The third-order valence-electron chi connectivity index (χ3n) is 3.31. The van der Waals surface area contributed by atoms with Gasteiger partial charge in [-0.05, 0) is 30.3 Å². The van der Waals surface area contributed by atoms with Gasteiger partial charge < -0.3 is 9.47 Å². The fourth-order valence-electron chi connectivity index (χ4n) is 2.11. The van der Waals surface area contributed by atoms with Crippen molar-refractivity contribution in [1.82, 2.24) is 4.98 Å². The van der Waals surface area contributed by atoms with Crippen molar-refractivity contribution in [3.63, 3.8) is 0 Å². The number of thiazole rings is 1. The Morgan fingerprint density at radius 2 is 2.04 bits per heavy atom. The van der Waals surface area contributed by atoms with Crippen LogP contribution in [0.1, 0.15) is 0 Å². The Balaban J connectivity index is 1.61. The number of aromatic nitrogens is 1. The molecule has 7 heteroatoms. The first kappa shape index (κ1) is 17.3. The number of carbonyl (C=O) groups is 1. The molecule has 3 aromatic rings. The van der Waals surface area contributed by atoms with E-state index >= 15 is 0 Å². The predicted octanol–water partition coefficient (Wildman–Crippen LogP) is 4.49. The zero-order chi connectivity index (χ0) is 17.6. The van der Waals surface area contributed by atoms with E-state index in [1.54, 1.807) is 31.4 Å². The van der Waals surface area contributed by atoms with Crippen LogP contribution in [0.15, 0.2) is 53.9 Å². The molecule has 2 aromatic carbocycles.